The molecule has 2 rings (SSSR count). The van der Waals surface area contributed by atoms with Gasteiger partial charge in [0.2, 0.25) is 10.9 Å². The quantitative estimate of drug-likeness (QED) is 0.619. The van der Waals surface area contributed by atoms with Crippen LogP contribution < -0.4 is 4.74 Å². The highest BCUT2D eigenvalue weighted by Crippen LogP contribution is 2.22. The van der Waals surface area contributed by atoms with Crippen LogP contribution in [-0.2, 0) is 10.0 Å². The molecule has 1 heterocycles. The molecular formula is C16H19NO5S. The van der Waals surface area contributed by atoms with Gasteiger partial charge in [0.1, 0.15) is 5.75 Å². The lowest BCUT2D eigenvalue weighted by Gasteiger charge is -2.08. The fraction of sp³-hybridized carbons (Fsp3) is 0.312. The zero-order valence-electron chi connectivity index (χ0n) is 13.4. The highest BCUT2D eigenvalue weighted by atomic mass is 32.2. The van der Waals surface area contributed by atoms with Crippen molar-refractivity contribution in [3.05, 3.63) is 47.7 Å². The van der Waals surface area contributed by atoms with Crippen LogP contribution in [0.4, 0.5) is 0 Å². The molecule has 124 valence electrons. The summed E-state index contributed by atoms with van der Waals surface area (Å²) in [6.45, 7) is 4.07. The number of benzene rings is 1. The summed E-state index contributed by atoms with van der Waals surface area (Å²) in [7, 11) is -0.957. The van der Waals surface area contributed by atoms with E-state index in [-0.39, 0.29) is 10.9 Å². The lowest BCUT2D eigenvalue weighted by molar-refractivity contribution is 0.0695. The third-order valence-corrected chi connectivity index (χ3v) is 4.94. The van der Waals surface area contributed by atoms with Crippen molar-refractivity contribution >= 4 is 16.0 Å². The van der Waals surface area contributed by atoms with E-state index in [0.717, 1.165) is 9.87 Å². The Morgan fingerprint density at radius 3 is 2.48 bits per heavy atom. The van der Waals surface area contributed by atoms with Crippen LogP contribution in [0.5, 0.6) is 5.75 Å². The first kappa shape index (κ1) is 17.2. The van der Waals surface area contributed by atoms with Crippen LogP contribution in [0.15, 0.2) is 45.9 Å². The maximum Gasteiger partial charge on any atom is 0.379 e. The normalized spacial score (nSPS) is 11.9. The molecule has 0 amide bonds. The van der Waals surface area contributed by atoms with Crippen LogP contribution >= 0.6 is 0 Å². The van der Waals surface area contributed by atoms with E-state index in [1.165, 1.54) is 26.2 Å². The van der Waals surface area contributed by atoms with Gasteiger partial charge in [0.05, 0.1) is 0 Å². The highest BCUT2D eigenvalue weighted by molar-refractivity contribution is 7.88. The van der Waals surface area contributed by atoms with Gasteiger partial charge in [-0.25, -0.2) is 17.5 Å². The third-order valence-electron chi connectivity index (χ3n) is 3.25. The summed E-state index contributed by atoms with van der Waals surface area (Å²) in [6, 6.07) is 9.67. The topological polar surface area (TPSA) is 76.8 Å². The van der Waals surface area contributed by atoms with E-state index in [9.17, 15) is 13.2 Å². The average molecular weight is 337 g/mol. The molecule has 0 saturated heterocycles. The van der Waals surface area contributed by atoms with Crippen molar-refractivity contribution in [3.8, 4) is 5.75 Å². The van der Waals surface area contributed by atoms with Gasteiger partial charge < -0.3 is 9.15 Å². The Hall–Kier alpha value is -2.12. The van der Waals surface area contributed by atoms with Crippen molar-refractivity contribution in [2.75, 3.05) is 14.1 Å². The first-order valence-electron chi connectivity index (χ1n) is 7.06. The smallest absolute Gasteiger partial charge is 0.379 e. The molecule has 23 heavy (non-hydrogen) atoms. The number of carbonyl (C=O) groups is 1. The minimum atomic E-state index is -3.72. The van der Waals surface area contributed by atoms with E-state index >= 15 is 0 Å². The van der Waals surface area contributed by atoms with Gasteiger partial charge in [-0.15, -0.1) is 0 Å². The summed E-state index contributed by atoms with van der Waals surface area (Å²) < 4.78 is 35.2. The van der Waals surface area contributed by atoms with Crippen molar-refractivity contribution in [1.82, 2.24) is 4.31 Å². The largest absolute Gasteiger partial charge is 0.436 e. The number of esters is 1. The standard InChI is InChI=1S/C16H19NO5S/c1-11(2)12-6-5-7-13(10-12)21-16(18)14-8-9-15(22-14)23(19,20)17(3)4/h5-11H,1-4H3. The fourth-order valence-electron chi connectivity index (χ4n) is 1.84. The van der Waals surface area contributed by atoms with Gasteiger partial charge in [-0.1, -0.05) is 26.0 Å². The Morgan fingerprint density at radius 2 is 1.87 bits per heavy atom. The molecule has 0 unspecified atom stereocenters. The zero-order valence-corrected chi connectivity index (χ0v) is 14.3. The minimum absolute atomic E-state index is 0.166. The van der Waals surface area contributed by atoms with Crippen LogP contribution in [0.25, 0.3) is 0 Å². The number of furan rings is 1. The number of nitrogens with zero attached hydrogens (tertiary/aromatic N) is 1. The van der Waals surface area contributed by atoms with Crippen LogP contribution in [0.1, 0.15) is 35.9 Å². The van der Waals surface area contributed by atoms with Crippen LogP contribution in [0, 0.1) is 0 Å². The summed E-state index contributed by atoms with van der Waals surface area (Å²) in [6.07, 6.45) is 0. The lowest BCUT2D eigenvalue weighted by atomic mass is 10.0. The Balaban J connectivity index is 2.19. The first-order valence-corrected chi connectivity index (χ1v) is 8.50. The Kier molecular flexibility index (Phi) is 4.91. The second-order valence-electron chi connectivity index (χ2n) is 5.52. The molecule has 0 aliphatic heterocycles. The molecule has 1 aromatic carbocycles. The van der Waals surface area contributed by atoms with Crippen molar-refractivity contribution in [3.63, 3.8) is 0 Å². The van der Waals surface area contributed by atoms with Gasteiger partial charge >= 0.3 is 5.97 Å². The maximum atomic E-state index is 12.1. The van der Waals surface area contributed by atoms with Crippen molar-refractivity contribution in [2.45, 2.75) is 24.9 Å². The molecule has 7 heteroatoms. The van der Waals surface area contributed by atoms with Gasteiger partial charge in [0, 0.05) is 14.1 Å². The maximum absolute atomic E-state index is 12.1. The number of hydrogen-bond donors (Lipinski definition) is 0. The molecule has 0 bridgehead atoms. The molecule has 0 N–H and O–H groups in total. The summed E-state index contributed by atoms with van der Waals surface area (Å²) >= 11 is 0. The van der Waals surface area contributed by atoms with E-state index < -0.39 is 16.0 Å². The molecule has 0 saturated carbocycles. The molecule has 0 fully saturated rings. The number of ether oxygens (including phenoxy) is 1. The molecule has 1 aromatic heterocycles. The second kappa shape index (κ2) is 6.55. The number of carbonyl (C=O) groups excluding carboxylic acids is 1. The van der Waals surface area contributed by atoms with E-state index in [1.54, 1.807) is 18.2 Å². The first-order chi connectivity index (χ1) is 10.7. The number of sulfonamides is 1. The van der Waals surface area contributed by atoms with E-state index in [2.05, 4.69) is 0 Å². The molecule has 0 aliphatic carbocycles. The summed E-state index contributed by atoms with van der Waals surface area (Å²) in [5.74, 6) is -0.227. The average Bonchev–Trinajstić information content (AvgIpc) is 2.98. The van der Waals surface area contributed by atoms with E-state index in [0.29, 0.717) is 11.7 Å². The highest BCUT2D eigenvalue weighted by Gasteiger charge is 2.24. The Labute approximate surface area is 135 Å². The summed E-state index contributed by atoms with van der Waals surface area (Å²) in [5.41, 5.74) is 1.03. The van der Waals surface area contributed by atoms with Gasteiger partial charge in [-0.05, 0) is 35.7 Å². The molecule has 0 radical (unpaired) electrons. The zero-order chi connectivity index (χ0) is 17.2. The van der Waals surface area contributed by atoms with E-state index in [1.807, 2.05) is 19.9 Å². The predicted molar refractivity (Wildman–Crippen MR) is 85.1 cm³/mol. The Bertz CT molecular complexity index is 805. The van der Waals surface area contributed by atoms with Crippen molar-refractivity contribution < 1.29 is 22.4 Å². The molecule has 0 spiro atoms. The summed E-state index contributed by atoms with van der Waals surface area (Å²) in [5, 5.41) is -0.301. The van der Waals surface area contributed by atoms with Gasteiger partial charge in [-0.2, -0.15) is 0 Å². The van der Waals surface area contributed by atoms with Crippen LogP contribution in [0.2, 0.25) is 0 Å². The third kappa shape index (κ3) is 3.80. The van der Waals surface area contributed by atoms with Gasteiger partial charge in [0.25, 0.3) is 10.0 Å². The van der Waals surface area contributed by atoms with Crippen LogP contribution in [0.3, 0.4) is 0 Å². The fourth-order valence-corrected chi connectivity index (χ4v) is 2.64. The summed E-state index contributed by atoms with van der Waals surface area (Å²) in [4.78, 5) is 12.1. The van der Waals surface area contributed by atoms with E-state index in [4.69, 9.17) is 9.15 Å². The van der Waals surface area contributed by atoms with Gasteiger partial charge in [0.15, 0.2) is 0 Å². The van der Waals surface area contributed by atoms with Gasteiger partial charge in [-0.3, -0.25) is 0 Å². The lowest BCUT2D eigenvalue weighted by Crippen LogP contribution is -2.21. The monoisotopic (exact) mass is 337 g/mol. The van der Waals surface area contributed by atoms with Crippen molar-refractivity contribution in [2.24, 2.45) is 0 Å². The number of rotatable bonds is 5. The SMILES string of the molecule is CC(C)c1cccc(OC(=O)c2ccc(S(=O)(=O)N(C)C)o2)c1. The molecule has 0 aliphatic rings. The van der Waals surface area contributed by atoms with Crippen LogP contribution in [-0.4, -0.2) is 32.8 Å². The predicted octanol–water partition coefficient (Wildman–Crippen LogP) is 2.87. The molecule has 2 aromatic rings. The molecular weight excluding hydrogens is 318 g/mol. The Morgan fingerprint density at radius 1 is 1.17 bits per heavy atom. The minimum Gasteiger partial charge on any atom is -0.436 e. The molecule has 6 nitrogen and oxygen atoms in total. The molecule has 0 atom stereocenters. The van der Waals surface area contributed by atoms with Crippen molar-refractivity contribution in [1.29, 1.82) is 0 Å². The second-order valence-corrected chi connectivity index (χ2v) is 7.61. The number of hydrogen-bond acceptors (Lipinski definition) is 5.